The minimum absolute atomic E-state index is 0.127. The van der Waals surface area contributed by atoms with E-state index >= 15 is 0 Å². The molecular formula is C19H18ClNO4. The molecule has 0 spiro atoms. The molecule has 0 aliphatic heterocycles. The van der Waals surface area contributed by atoms with Crippen LogP contribution in [0.3, 0.4) is 0 Å². The summed E-state index contributed by atoms with van der Waals surface area (Å²) in [6.45, 7) is 1.95. The largest absolute Gasteiger partial charge is 0.497 e. The fourth-order valence-corrected chi connectivity index (χ4v) is 3.22. The summed E-state index contributed by atoms with van der Waals surface area (Å²) in [6, 6.07) is 9.02. The van der Waals surface area contributed by atoms with E-state index in [-0.39, 0.29) is 6.42 Å². The number of aromatic amines is 1. The summed E-state index contributed by atoms with van der Waals surface area (Å²) >= 11 is 6.15. The second-order valence-corrected chi connectivity index (χ2v) is 6.20. The maximum atomic E-state index is 11.5. The third kappa shape index (κ3) is 3.15. The van der Waals surface area contributed by atoms with E-state index in [4.69, 9.17) is 21.1 Å². The Labute approximate surface area is 150 Å². The van der Waals surface area contributed by atoms with Gasteiger partial charge in [-0.15, -0.1) is 0 Å². The molecule has 0 saturated carbocycles. The molecular weight excluding hydrogens is 342 g/mol. The van der Waals surface area contributed by atoms with E-state index in [1.807, 2.05) is 19.1 Å². The summed E-state index contributed by atoms with van der Waals surface area (Å²) in [5, 5.41) is 10.8. The van der Waals surface area contributed by atoms with Crippen molar-refractivity contribution in [1.29, 1.82) is 0 Å². The van der Waals surface area contributed by atoms with Crippen molar-refractivity contribution >= 4 is 28.5 Å². The predicted molar refractivity (Wildman–Crippen MR) is 97.9 cm³/mol. The van der Waals surface area contributed by atoms with Gasteiger partial charge in [-0.2, -0.15) is 0 Å². The van der Waals surface area contributed by atoms with Crippen LogP contribution in [0, 0.1) is 6.92 Å². The number of carboxylic acid groups (broad SMARTS) is 1. The highest BCUT2D eigenvalue weighted by Gasteiger charge is 2.20. The zero-order valence-corrected chi connectivity index (χ0v) is 14.9. The van der Waals surface area contributed by atoms with Crippen LogP contribution in [0.25, 0.3) is 22.2 Å². The summed E-state index contributed by atoms with van der Waals surface area (Å²) in [7, 11) is 3.16. The Hall–Kier alpha value is -2.66. The Bertz CT molecular complexity index is 962. The zero-order valence-electron chi connectivity index (χ0n) is 14.1. The van der Waals surface area contributed by atoms with E-state index < -0.39 is 5.97 Å². The summed E-state index contributed by atoms with van der Waals surface area (Å²) in [4.78, 5) is 14.8. The number of hydrogen-bond donors (Lipinski definition) is 2. The monoisotopic (exact) mass is 359 g/mol. The van der Waals surface area contributed by atoms with Crippen molar-refractivity contribution in [3.63, 3.8) is 0 Å². The molecule has 2 N–H and O–H groups in total. The molecule has 0 saturated heterocycles. The van der Waals surface area contributed by atoms with Crippen LogP contribution >= 0.6 is 11.6 Å². The van der Waals surface area contributed by atoms with E-state index in [1.54, 1.807) is 32.4 Å². The van der Waals surface area contributed by atoms with Crippen LogP contribution in [0.4, 0.5) is 0 Å². The first kappa shape index (κ1) is 17.2. The van der Waals surface area contributed by atoms with E-state index in [1.165, 1.54) is 0 Å². The minimum atomic E-state index is -0.913. The summed E-state index contributed by atoms with van der Waals surface area (Å²) in [5.74, 6) is 0.385. The number of ether oxygens (including phenoxy) is 2. The lowest BCUT2D eigenvalue weighted by molar-refractivity contribution is -0.136. The summed E-state index contributed by atoms with van der Waals surface area (Å²) in [6.07, 6.45) is -0.127. The van der Waals surface area contributed by atoms with Crippen LogP contribution in [-0.4, -0.2) is 30.3 Å². The number of fused-ring (bicyclic) bond motifs is 1. The van der Waals surface area contributed by atoms with Crippen LogP contribution in [0.15, 0.2) is 30.3 Å². The summed E-state index contributed by atoms with van der Waals surface area (Å²) in [5.41, 5.74) is 3.92. The van der Waals surface area contributed by atoms with Crippen LogP contribution in [0.1, 0.15) is 11.1 Å². The SMILES string of the molecule is COc1cc(C)c2[nH]c(-c3cc(Cl)ccc3OC)c(CC(=O)O)c2c1. The maximum absolute atomic E-state index is 11.5. The highest BCUT2D eigenvalue weighted by Crippen LogP contribution is 2.39. The quantitative estimate of drug-likeness (QED) is 0.706. The number of aryl methyl sites for hydroxylation is 1. The van der Waals surface area contributed by atoms with Crippen LogP contribution in [0.5, 0.6) is 11.5 Å². The molecule has 0 fully saturated rings. The molecule has 3 rings (SSSR count). The number of halogens is 1. The van der Waals surface area contributed by atoms with Crippen molar-refractivity contribution < 1.29 is 19.4 Å². The van der Waals surface area contributed by atoms with Crippen molar-refractivity contribution in [3.8, 4) is 22.8 Å². The molecule has 0 unspecified atom stereocenters. The van der Waals surface area contributed by atoms with Crippen molar-refractivity contribution in [3.05, 3.63) is 46.5 Å². The Balaban J connectivity index is 2.36. The molecule has 1 aromatic heterocycles. The second-order valence-electron chi connectivity index (χ2n) is 5.76. The van der Waals surface area contributed by atoms with Gasteiger partial charge < -0.3 is 19.6 Å². The van der Waals surface area contributed by atoms with Crippen molar-refractivity contribution in [2.75, 3.05) is 14.2 Å². The molecule has 2 aromatic carbocycles. The Morgan fingerprint density at radius 2 is 1.96 bits per heavy atom. The number of carbonyl (C=O) groups is 1. The normalized spacial score (nSPS) is 10.9. The van der Waals surface area contributed by atoms with Gasteiger partial charge in [0.1, 0.15) is 11.5 Å². The molecule has 0 bridgehead atoms. The molecule has 1 heterocycles. The van der Waals surface area contributed by atoms with Gasteiger partial charge in [-0.05, 0) is 48.4 Å². The number of nitrogens with one attached hydrogen (secondary N) is 1. The van der Waals surface area contributed by atoms with Gasteiger partial charge in [-0.3, -0.25) is 4.79 Å². The lowest BCUT2D eigenvalue weighted by atomic mass is 10.0. The van der Waals surface area contributed by atoms with E-state index in [2.05, 4.69) is 4.98 Å². The molecule has 130 valence electrons. The lowest BCUT2D eigenvalue weighted by Crippen LogP contribution is -2.01. The number of hydrogen-bond acceptors (Lipinski definition) is 3. The fraction of sp³-hybridized carbons (Fsp3) is 0.211. The number of H-pyrrole nitrogens is 1. The summed E-state index contributed by atoms with van der Waals surface area (Å²) < 4.78 is 10.8. The molecule has 0 aliphatic carbocycles. The van der Waals surface area contributed by atoms with Crippen molar-refractivity contribution in [2.24, 2.45) is 0 Å². The zero-order chi connectivity index (χ0) is 18.1. The lowest BCUT2D eigenvalue weighted by Gasteiger charge is -2.09. The van der Waals surface area contributed by atoms with Gasteiger partial charge in [0.05, 0.1) is 26.3 Å². The standard InChI is InChI=1S/C19H18ClNO4/c1-10-6-12(24-2)8-13-14(9-17(22)23)19(21-18(10)13)15-7-11(20)4-5-16(15)25-3/h4-8,21H,9H2,1-3H3,(H,22,23). The Morgan fingerprint density at radius 3 is 2.60 bits per heavy atom. The van der Waals surface area contributed by atoms with Gasteiger partial charge in [0.15, 0.2) is 0 Å². The number of aromatic nitrogens is 1. The predicted octanol–water partition coefficient (Wildman–Crippen LogP) is 4.44. The highest BCUT2D eigenvalue weighted by atomic mass is 35.5. The molecule has 0 amide bonds. The molecule has 3 aromatic rings. The highest BCUT2D eigenvalue weighted by molar-refractivity contribution is 6.31. The van der Waals surface area contributed by atoms with Crippen molar-refractivity contribution in [1.82, 2.24) is 4.98 Å². The van der Waals surface area contributed by atoms with Gasteiger partial charge >= 0.3 is 5.97 Å². The van der Waals surface area contributed by atoms with Crippen LogP contribution < -0.4 is 9.47 Å². The maximum Gasteiger partial charge on any atom is 0.307 e. The minimum Gasteiger partial charge on any atom is -0.497 e. The van der Waals surface area contributed by atoms with E-state index in [0.29, 0.717) is 27.8 Å². The van der Waals surface area contributed by atoms with Gasteiger partial charge in [0.25, 0.3) is 0 Å². The molecule has 6 heteroatoms. The van der Waals surface area contributed by atoms with Crippen LogP contribution in [-0.2, 0) is 11.2 Å². The first-order valence-corrected chi connectivity index (χ1v) is 8.07. The van der Waals surface area contributed by atoms with Crippen molar-refractivity contribution in [2.45, 2.75) is 13.3 Å². The number of aliphatic carboxylic acids is 1. The molecule has 0 atom stereocenters. The van der Waals surface area contributed by atoms with E-state index in [9.17, 15) is 9.90 Å². The molecule has 5 nitrogen and oxygen atoms in total. The average molecular weight is 360 g/mol. The van der Waals surface area contributed by atoms with Gasteiger partial charge in [0, 0.05) is 21.5 Å². The fourth-order valence-electron chi connectivity index (χ4n) is 3.05. The van der Waals surface area contributed by atoms with Gasteiger partial charge in [-0.1, -0.05) is 11.6 Å². The number of methoxy groups -OCH3 is 2. The number of rotatable bonds is 5. The third-order valence-corrected chi connectivity index (χ3v) is 4.42. The average Bonchev–Trinajstić information content (AvgIpc) is 2.93. The Morgan fingerprint density at radius 1 is 1.20 bits per heavy atom. The van der Waals surface area contributed by atoms with Crippen LogP contribution in [0.2, 0.25) is 5.02 Å². The van der Waals surface area contributed by atoms with E-state index in [0.717, 1.165) is 22.0 Å². The van der Waals surface area contributed by atoms with Gasteiger partial charge in [0.2, 0.25) is 0 Å². The third-order valence-electron chi connectivity index (χ3n) is 4.18. The molecule has 0 radical (unpaired) electrons. The number of carboxylic acids is 1. The first-order valence-electron chi connectivity index (χ1n) is 7.69. The topological polar surface area (TPSA) is 71.5 Å². The molecule has 25 heavy (non-hydrogen) atoms. The molecule has 0 aliphatic rings. The smallest absolute Gasteiger partial charge is 0.307 e. The Kier molecular flexibility index (Phi) is 4.59. The number of benzene rings is 2. The second kappa shape index (κ2) is 6.69. The first-order chi connectivity index (χ1) is 11.9. The van der Waals surface area contributed by atoms with Gasteiger partial charge in [-0.25, -0.2) is 0 Å².